The topological polar surface area (TPSA) is 120 Å². The summed E-state index contributed by atoms with van der Waals surface area (Å²) < 4.78 is 28.2. The Labute approximate surface area is 178 Å². The van der Waals surface area contributed by atoms with Crippen molar-refractivity contribution in [2.75, 3.05) is 11.3 Å². The van der Waals surface area contributed by atoms with Crippen molar-refractivity contribution >= 4 is 38.1 Å². The van der Waals surface area contributed by atoms with Gasteiger partial charge in [0.05, 0.1) is 10.6 Å². The van der Waals surface area contributed by atoms with Gasteiger partial charge in [0.2, 0.25) is 0 Å². The molecule has 0 aliphatic carbocycles. The molecule has 0 unspecified atom stereocenters. The van der Waals surface area contributed by atoms with Crippen molar-refractivity contribution in [3.8, 4) is 5.75 Å². The Kier molecular flexibility index (Phi) is 5.50. The van der Waals surface area contributed by atoms with Crippen molar-refractivity contribution in [3.05, 3.63) is 84.6 Å². The van der Waals surface area contributed by atoms with Gasteiger partial charge in [-0.3, -0.25) is 9.52 Å². The van der Waals surface area contributed by atoms with Gasteiger partial charge in [-0.05, 0) is 30.5 Å². The molecule has 0 atom stereocenters. The lowest BCUT2D eigenvalue weighted by molar-refractivity contribution is -0.114. The van der Waals surface area contributed by atoms with E-state index in [1.54, 1.807) is 60.8 Å². The van der Waals surface area contributed by atoms with E-state index in [0.29, 0.717) is 22.9 Å². The van der Waals surface area contributed by atoms with Crippen LogP contribution in [0.2, 0.25) is 0 Å². The summed E-state index contributed by atoms with van der Waals surface area (Å²) in [7, 11) is -3.88. The Morgan fingerprint density at radius 1 is 1.03 bits per heavy atom. The van der Waals surface area contributed by atoms with E-state index in [2.05, 4.69) is 20.3 Å². The Hall–Kier alpha value is -3.98. The third-order valence-corrected chi connectivity index (χ3v) is 5.99. The highest BCUT2D eigenvalue weighted by Crippen LogP contribution is 2.40. The van der Waals surface area contributed by atoms with Crippen LogP contribution in [0.25, 0.3) is 10.8 Å². The monoisotopic (exact) mass is 434 g/mol. The minimum atomic E-state index is -3.88. The van der Waals surface area contributed by atoms with Gasteiger partial charge in [-0.2, -0.15) is 0 Å². The highest BCUT2D eigenvalue weighted by molar-refractivity contribution is 7.92. The highest BCUT2D eigenvalue weighted by Gasteiger charge is 2.18. The van der Waals surface area contributed by atoms with Crippen LogP contribution in [0.3, 0.4) is 0 Å². The van der Waals surface area contributed by atoms with Crippen LogP contribution in [-0.4, -0.2) is 26.0 Å². The fourth-order valence-electron chi connectivity index (χ4n) is 3.08. The average molecular weight is 434 g/mol. The first-order valence-electron chi connectivity index (χ1n) is 9.34. The molecule has 0 saturated heterocycles. The van der Waals surface area contributed by atoms with E-state index in [-0.39, 0.29) is 22.0 Å². The molecule has 0 saturated carbocycles. The van der Waals surface area contributed by atoms with Crippen LogP contribution in [0.15, 0.2) is 99.7 Å². The SMILES string of the molecule is O=C(N=Nc1cc(NS(=O)(=O)c2ccccc2)c2ccccc2c1O)C1=CCNC=C1. The first kappa shape index (κ1) is 20.3. The number of aromatic hydroxyl groups is 1. The molecule has 1 aliphatic heterocycles. The van der Waals surface area contributed by atoms with E-state index < -0.39 is 15.9 Å². The van der Waals surface area contributed by atoms with E-state index >= 15 is 0 Å². The maximum Gasteiger partial charge on any atom is 0.295 e. The Balaban J connectivity index is 1.75. The molecule has 0 bridgehead atoms. The van der Waals surface area contributed by atoms with Crippen LogP contribution in [0.1, 0.15) is 0 Å². The first-order valence-corrected chi connectivity index (χ1v) is 10.8. The number of carbonyl (C=O) groups is 1. The van der Waals surface area contributed by atoms with Gasteiger partial charge in [0.25, 0.3) is 15.9 Å². The smallest absolute Gasteiger partial charge is 0.295 e. The second-order valence-corrected chi connectivity index (χ2v) is 8.34. The van der Waals surface area contributed by atoms with Gasteiger partial charge in [-0.25, -0.2) is 8.42 Å². The lowest BCUT2D eigenvalue weighted by Gasteiger charge is -2.13. The summed E-state index contributed by atoms with van der Waals surface area (Å²) in [6.07, 6.45) is 4.87. The number of dihydropyridines is 1. The molecule has 0 fully saturated rings. The number of anilines is 1. The molecular weight excluding hydrogens is 416 g/mol. The maximum atomic E-state index is 12.8. The number of hydrogen-bond donors (Lipinski definition) is 3. The Bertz CT molecular complexity index is 1350. The van der Waals surface area contributed by atoms with Crippen LogP contribution in [0, 0.1) is 0 Å². The van der Waals surface area contributed by atoms with Gasteiger partial charge in [0, 0.05) is 22.9 Å². The fourth-order valence-corrected chi connectivity index (χ4v) is 4.17. The van der Waals surface area contributed by atoms with Crippen molar-refractivity contribution in [2.24, 2.45) is 10.2 Å². The van der Waals surface area contributed by atoms with E-state index in [0.717, 1.165) is 0 Å². The number of rotatable bonds is 5. The van der Waals surface area contributed by atoms with Gasteiger partial charge >= 0.3 is 0 Å². The standard InChI is InChI=1S/C22H18N4O4S/c27-21-18-9-5-4-8-17(18)19(26-31(29,30)16-6-2-1-3-7-16)14-20(21)24-25-22(28)15-10-12-23-13-11-15/h1-12,14,23,26-27H,13H2. The number of hydrogen-bond acceptors (Lipinski definition) is 6. The summed E-state index contributed by atoms with van der Waals surface area (Å²) in [4.78, 5) is 12.3. The molecule has 4 rings (SSSR count). The van der Waals surface area contributed by atoms with E-state index in [1.807, 2.05) is 0 Å². The number of amides is 1. The molecular formula is C22H18N4O4S. The van der Waals surface area contributed by atoms with E-state index in [9.17, 15) is 18.3 Å². The van der Waals surface area contributed by atoms with Gasteiger partial charge in [0.15, 0.2) is 5.75 Å². The maximum absolute atomic E-state index is 12.8. The predicted molar refractivity (Wildman–Crippen MR) is 118 cm³/mol. The minimum absolute atomic E-state index is 0.0312. The molecule has 3 N–H and O–H groups in total. The van der Waals surface area contributed by atoms with E-state index in [1.165, 1.54) is 18.2 Å². The fraction of sp³-hybridized carbons (Fsp3) is 0.0455. The average Bonchev–Trinajstić information content (AvgIpc) is 2.81. The number of carbonyl (C=O) groups excluding carboxylic acids is 1. The summed E-state index contributed by atoms with van der Waals surface area (Å²) in [5, 5.41) is 22.0. The number of phenolic OH excluding ortho intramolecular Hbond substituents is 1. The van der Waals surface area contributed by atoms with Crippen molar-refractivity contribution in [3.63, 3.8) is 0 Å². The number of nitrogens with zero attached hydrogens (tertiary/aromatic N) is 2. The molecule has 0 radical (unpaired) electrons. The van der Waals surface area contributed by atoms with Gasteiger partial charge < -0.3 is 10.4 Å². The number of phenols is 1. The number of nitrogens with one attached hydrogen (secondary N) is 2. The second kappa shape index (κ2) is 8.41. The number of benzene rings is 3. The third-order valence-electron chi connectivity index (χ3n) is 4.61. The molecule has 1 heterocycles. The van der Waals surface area contributed by atoms with Gasteiger partial charge in [-0.1, -0.05) is 48.5 Å². The summed E-state index contributed by atoms with van der Waals surface area (Å²) in [5.74, 6) is -0.777. The van der Waals surface area contributed by atoms with Crippen molar-refractivity contribution in [2.45, 2.75) is 4.90 Å². The zero-order valence-electron chi connectivity index (χ0n) is 16.2. The second-order valence-electron chi connectivity index (χ2n) is 6.66. The van der Waals surface area contributed by atoms with Crippen LogP contribution < -0.4 is 10.0 Å². The summed E-state index contributed by atoms with van der Waals surface area (Å²) >= 11 is 0. The summed E-state index contributed by atoms with van der Waals surface area (Å²) in [6.45, 7) is 0.500. The lowest BCUT2D eigenvalue weighted by atomic mass is 10.1. The predicted octanol–water partition coefficient (Wildman–Crippen LogP) is 4.00. The third kappa shape index (κ3) is 4.31. The zero-order chi connectivity index (χ0) is 21.8. The quantitative estimate of drug-likeness (QED) is 0.414. The molecule has 156 valence electrons. The molecule has 31 heavy (non-hydrogen) atoms. The lowest BCUT2D eigenvalue weighted by Crippen LogP contribution is -2.13. The van der Waals surface area contributed by atoms with Crippen LogP contribution >= 0.6 is 0 Å². The molecule has 3 aromatic carbocycles. The molecule has 1 amide bonds. The van der Waals surface area contributed by atoms with Crippen LogP contribution in [0.5, 0.6) is 5.75 Å². The summed E-state index contributed by atoms with van der Waals surface area (Å²) in [6, 6.07) is 16.0. The molecule has 8 nitrogen and oxygen atoms in total. The molecule has 0 aromatic heterocycles. The molecule has 1 aliphatic rings. The van der Waals surface area contributed by atoms with Crippen LogP contribution in [-0.2, 0) is 14.8 Å². The summed E-state index contributed by atoms with van der Waals surface area (Å²) in [5.41, 5.74) is 0.545. The molecule has 0 spiro atoms. The van der Waals surface area contributed by atoms with Gasteiger partial charge in [-0.15, -0.1) is 10.2 Å². The Morgan fingerprint density at radius 3 is 2.45 bits per heavy atom. The van der Waals surface area contributed by atoms with Crippen molar-refractivity contribution in [1.29, 1.82) is 0 Å². The van der Waals surface area contributed by atoms with Gasteiger partial charge in [0.1, 0.15) is 5.69 Å². The van der Waals surface area contributed by atoms with Crippen LogP contribution in [0.4, 0.5) is 11.4 Å². The number of azo groups is 1. The largest absolute Gasteiger partial charge is 0.505 e. The molecule has 9 heteroatoms. The molecule has 3 aromatic rings. The Morgan fingerprint density at radius 2 is 1.74 bits per heavy atom. The van der Waals surface area contributed by atoms with Crippen molar-refractivity contribution in [1.82, 2.24) is 5.32 Å². The highest BCUT2D eigenvalue weighted by atomic mass is 32.2. The first-order chi connectivity index (χ1) is 15.0. The number of sulfonamides is 1. The van der Waals surface area contributed by atoms with E-state index in [4.69, 9.17) is 0 Å². The minimum Gasteiger partial charge on any atom is -0.505 e. The van der Waals surface area contributed by atoms with Crippen molar-refractivity contribution < 1.29 is 18.3 Å². The normalized spacial score (nSPS) is 13.7. The number of fused-ring (bicyclic) bond motifs is 1. The zero-order valence-corrected chi connectivity index (χ0v) is 17.0.